The Hall–Kier alpha value is -2.12. The van der Waals surface area contributed by atoms with Crippen LogP contribution < -0.4 is 4.90 Å². The van der Waals surface area contributed by atoms with Gasteiger partial charge < -0.3 is 20.1 Å². The summed E-state index contributed by atoms with van der Waals surface area (Å²) >= 11 is 0. The third kappa shape index (κ3) is 2.25. The van der Waals surface area contributed by atoms with Crippen LogP contribution in [0.15, 0.2) is 6.33 Å². The van der Waals surface area contributed by atoms with Gasteiger partial charge in [0.2, 0.25) is 12.1 Å². The molecule has 1 fully saturated rings. The number of nitrogens with zero attached hydrogens (tertiary/aromatic N) is 4. The Morgan fingerprint density at radius 2 is 2.11 bits per heavy atom. The third-order valence-corrected chi connectivity index (χ3v) is 3.74. The maximum absolute atomic E-state index is 11.2. The molecule has 8 heteroatoms. The average Bonchev–Trinajstić information content (AvgIpc) is 2.72. The number of hydrogen-bond donors (Lipinski definition) is 1. The van der Waals surface area contributed by atoms with Gasteiger partial charge in [-0.1, -0.05) is 0 Å². The summed E-state index contributed by atoms with van der Waals surface area (Å²) in [5, 5.41) is 20.1. The zero-order valence-corrected chi connectivity index (χ0v) is 10.9. The van der Waals surface area contributed by atoms with Crippen molar-refractivity contribution in [3.63, 3.8) is 0 Å². The lowest BCUT2D eigenvalue weighted by molar-refractivity contribution is -0.388. The number of aromatic nitrogens is 2. The molecule has 0 aromatic carbocycles. The molecule has 0 atom stereocenters. The van der Waals surface area contributed by atoms with E-state index in [4.69, 9.17) is 5.11 Å². The number of piperidine rings is 1. The molecule has 0 unspecified atom stereocenters. The van der Waals surface area contributed by atoms with Gasteiger partial charge in [-0.05, 0) is 29.7 Å². The average molecular weight is 268 g/mol. The molecule has 19 heavy (non-hydrogen) atoms. The number of aryl methyl sites for hydroxylation is 1. The second-order valence-corrected chi connectivity index (χ2v) is 5.11. The van der Waals surface area contributed by atoms with Crippen LogP contribution in [0.1, 0.15) is 19.8 Å². The van der Waals surface area contributed by atoms with Gasteiger partial charge in [0.05, 0.1) is 5.41 Å². The Morgan fingerprint density at radius 1 is 1.53 bits per heavy atom. The fourth-order valence-corrected chi connectivity index (χ4v) is 2.33. The molecule has 1 aliphatic heterocycles. The highest BCUT2D eigenvalue weighted by Gasteiger charge is 2.39. The summed E-state index contributed by atoms with van der Waals surface area (Å²) in [4.78, 5) is 27.2. The van der Waals surface area contributed by atoms with Gasteiger partial charge in [-0.2, -0.15) is 0 Å². The standard InChI is InChI=1S/C11H16N4O4/c1-11(10(16)17)3-5-14(6-4-11)9-8(15(18)19)12-7-13(9)2/h7H,3-6H2,1-2H3,(H,16,17). The Labute approximate surface area is 109 Å². The number of aliphatic carboxylic acids is 1. The van der Waals surface area contributed by atoms with E-state index in [1.165, 1.54) is 6.33 Å². The molecule has 1 aromatic heterocycles. The van der Waals surface area contributed by atoms with Crippen LogP contribution in [0.3, 0.4) is 0 Å². The summed E-state index contributed by atoms with van der Waals surface area (Å²) in [6.07, 6.45) is 2.33. The first kappa shape index (κ1) is 13.3. The van der Waals surface area contributed by atoms with Gasteiger partial charge >= 0.3 is 11.8 Å². The van der Waals surface area contributed by atoms with Crippen LogP contribution in [0, 0.1) is 15.5 Å². The van der Waals surface area contributed by atoms with Crippen molar-refractivity contribution in [2.45, 2.75) is 19.8 Å². The van der Waals surface area contributed by atoms with E-state index >= 15 is 0 Å². The van der Waals surface area contributed by atoms with E-state index in [9.17, 15) is 14.9 Å². The molecule has 0 spiro atoms. The molecule has 1 N–H and O–H groups in total. The van der Waals surface area contributed by atoms with Crippen LogP contribution in [0.4, 0.5) is 11.6 Å². The van der Waals surface area contributed by atoms with Crippen molar-refractivity contribution in [1.82, 2.24) is 9.55 Å². The number of anilines is 1. The quantitative estimate of drug-likeness (QED) is 0.648. The van der Waals surface area contributed by atoms with Crippen molar-refractivity contribution in [3.05, 3.63) is 16.4 Å². The molecular weight excluding hydrogens is 252 g/mol. The van der Waals surface area contributed by atoms with Gasteiger partial charge in [0.1, 0.15) is 0 Å². The van der Waals surface area contributed by atoms with Crippen molar-refractivity contribution in [2.75, 3.05) is 18.0 Å². The van der Waals surface area contributed by atoms with Crippen LogP contribution in [0.2, 0.25) is 0 Å². The second kappa shape index (κ2) is 4.52. The molecule has 1 saturated heterocycles. The van der Waals surface area contributed by atoms with Crippen molar-refractivity contribution in [2.24, 2.45) is 12.5 Å². The molecule has 2 heterocycles. The predicted molar refractivity (Wildman–Crippen MR) is 67.1 cm³/mol. The minimum atomic E-state index is -0.813. The lowest BCUT2D eigenvalue weighted by atomic mass is 9.80. The van der Waals surface area contributed by atoms with Gasteiger partial charge in [0.15, 0.2) is 0 Å². The number of carboxylic acid groups (broad SMARTS) is 1. The number of rotatable bonds is 3. The van der Waals surface area contributed by atoms with Crippen LogP contribution in [-0.2, 0) is 11.8 Å². The molecule has 8 nitrogen and oxygen atoms in total. The Balaban J connectivity index is 2.21. The molecule has 2 rings (SSSR count). The largest absolute Gasteiger partial charge is 0.481 e. The maximum atomic E-state index is 11.2. The van der Waals surface area contributed by atoms with Crippen molar-refractivity contribution < 1.29 is 14.8 Å². The fraction of sp³-hybridized carbons (Fsp3) is 0.636. The molecule has 0 aliphatic carbocycles. The summed E-state index contributed by atoms with van der Waals surface area (Å²) in [6.45, 7) is 2.66. The van der Waals surface area contributed by atoms with Gasteiger partial charge in [-0.25, -0.2) is 0 Å². The predicted octanol–water partition coefficient (Wildman–Crippen LogP) is 1.02. The highest BCUT2D eigenvalue weighted by atomic mass is 16.6. The maximum Gasteiger partial charge on any atom is 0.406 e. The summed E-state index contributed by atoms with van der Waals surface area (Å²) in [5.74, 6) is -0.550. The molecule has 1 aromatic rings. The second-order valence-electron chi connectivity index (χ2n) is 5.11. The summed E-state index contributed by atoms with van der Waals surface area (Å²) in [5.41, 5.74) is -0.746. The molecule has 0 saturated carbocycles. The van der Waals surface area contributed by atoms with E-state index in [0.717, 1.165) is 0 Å². The first-order valence-electron chi connectivity index (χ1n) is 5.99. The number of hydrogen-bond acceptors (Lipinski definition) is 5. The van der Waals surface area contributed by atoms with E-state index < -0.39 is 16.3 Å². The van der Waals surface area contributed by atoms with Crippen LogP contribution in [0.25, 0.3) is 0 Å². The van der Waals surface area contributed by atoms with Crippen molar-refractivity contribution in [1.29, 1.82) is 0 Å². The first-order chi connectivity index (χ1) is 8.85. The number of nitro groups is 1. The van der Waals surface area contributed by atoms with E-state index in [-0.39, 0.29) is 5.82 Å². The van der Waals surface area contributed by atoms with Crippen LogP contribution in [0.5, 0.6) is 0 Å². The highest BCUT2D eigenvalue weighted by Crippen LogP contribution is 2.35. The SMILES string of the molecule is Cn1cnc([N+](=O)[O-])c1N1CCC(C)(C(=O)O)CC1. The number of carboxylic acids is 1. The summed E-state index contributed by atoms with van der Waals surface area (Å²) in [7, 11) is 1.69. The highest BCUT2D eigenvalue weighted by molar-refractivity contribution is 5.74. The first-order valence-corrected chi connectivity index (χ1v) is 5.99. The number of imidazole rings is 1. The van der Waals surface area contributed by atoms with Crippen molar-refractivity contribution in [3.8, 4) is 0 Å². The van der Waals surface area contributed by atoms with E-state index in [2.05, 4.69) is 4.98 Å². The molecular formula is C11H16N4O4. The Bertz CT molecular complexity index is 517. The zero-order valence-electron chi connectivity index (χ0n) is 10.9. The fourth-order valence-electron chi connectivity index (χ4n) is 2.33. The molecule has 104 valence electrons. The van der Waals surface area contributed by atoms with E-state index in [1.54, 1.807) is 18.5 Å². The van der Waals surface area contributed by atoms with Gasteiger partial charge in [-0.3, -0.25) is 9.36 Å². The van der Waals surface area contributed by atoms with Gasteiger partial charge in [-0.15, -0.1) is 0 Å². The Kier molecular flexibility index (Phi) is 3.17. The van der Waals surface area contributed by atoms with Crippen LogP contribution in [-0.4, -0.2) is 38.6 Å². The monoisotopic (exact) mass is 268 g/mol. The molecule has 0 amide bonds. The summed E-state index contributed by atoms with van der Waals surface area (Å²) < 4.78 is 1.60. The molecule has 1 aliphatic rings. The molecule has 0 bridgehead atoms. The lowest BCUT2D eigenvalue weighted by Crippen LogP contribution is -2.43. The van der Waals surface area contributed by atoms with Crippen molar-refractivity contribution >= 4 is 17.6 Å². The minimum absolute atomic E-state index is 0.179. The third-order valence-electron chi connectivity index (χ3n) is 3.74. The minimum Gasteiger partial charge on any atom is -0.481 e. The normalized spacial score (nSPS) is 18.3. The summed E-state index contributed by atoms with van der Waals surface area (Å²) in [6, 6.07) is 0. The molecule has 0 radical (unpaired) electrons. The smallest absolute Gasteiger partial charge is 0.406 e. The lowest BCUT2D eigenvalue weighted by Gasteiger charge is -2.36. The Morgan fingerprint density at radius 3 is 2.58 bits per heavy atom. The van der Waals surface area contributed by atoms with Crippen LogP contribution >= 0.6 is 0 Å². The van der Waals surface area contributed by atoms with E-state index in [0.29, 0.717) is 31.7 Å². The van der Waals surface area contributed by atoms with Gasteiger partial charge in [0.25, 0.3) is 0 Å². The topological polar surface area (TPSA) is 101 Å². The zero-order chi connectivity index (χ0) is 14.2. The van der Waals surface area contributed by atoms with Gasteiger partial charge in [0, 0.05) is 20.1 Å². The number of carbonyl (C=O) groups is 1. The van der Waals surface area contributed by atoms with E-state index in [1.807, 2.05) is 4.90 Å².